The average molecular weight is 218 g/mol. The van der Waals surface area contributed by atoms with Crippen LogP contribution in [0.1, 0.15) is 18.0 Å². The third-order valence-electron chi connectivity index (χ3n) is 3.35. The Morgan fingerprint density at radius 1 is 1.62 bits per heavy atom. The van der Waals surface area contributed by atoms with Crippen LogP contribution in [0.4, 0.5) is 0 Å². The van der Waals surface area contributed by atoms with Crippen LogP contribution in [-0.4, -0.2) is 30.6 Å². The molecule has 2 atom stereocenters. The molecule has 0 aliphatic carbocycles. The zero-order chi connectivity index (χ0) is 11.5. The van der Waals surface area contributed by atoms with Crippen molar-refractivity contribution in [1.82, 2.24) is 9.88 Å². The second-order valence-corrected chi connectivity index (χ2v) is 4.28. The van der Waals surface area contributed by atoms with E-state index in [-0.39, 0.29) is 0 Å². The quantitative estimate of drug-likeness (QED) is 0.727. The van der Waals surface area contributed by atoms with E-state index in [9.17, 15) is 0 Å². The molecule has 86 valence electrons. The van der Waals surface area contributed by atoms with Gasteiger partial charge >= 0.3 is 0 Å². The van der Waals surface area contributed by atoms with Gasteiger partial charge in [-0.05, 0) is 31.6 Å². The first kappa shape index (κ1) is 11.1. The summed E-state index contributed by atoms with van der Waals surface area (Å²) in [6.07, 6.45) is 4.84. The van der Waals surface area contributed by atoms with Crippen molar-refractivity contribution in [2.75, 3.05) is 20.7 Å². The predicted octanol–water partition coefficient (Wildman–Crippen LogP) is 2.23. The van der Waals surface area contributed by atoms with Crippen molar-refractivity contribution in [2.24, 2.45) is 5.92 Å². The Morgan fingerprint density at radius 2 is 2.44 bits per heavy atom. The van der Waals surface area contributed by atoms with Crippen molar-refractivity contribution in [1.29, 1.82) is 0 Å². The lowest BCUT2D eigenvalue weighted by Crippen LogP contribution is -2.22. The van der Waals surface area contributed by atoms with Gasteiger partial charge in [-0.15, -0.1) is 0 Å². The summed E-state index contributed by atoms with van der Waals surface area (Å²) < 4.78 is 5.29. The lowest BCUT2D eigenvalue weighted by molar-refractivity contribution is 0.206. The molecule has 0 amide bonds. The van der Waals surface area contributed by atoms with Gasteiger partial charge in [-0.1, -0.05) is 12.6 Å². The van der Waals surface area contributed by atoms with E-state index in [0.717, 1.165) is 18.7 Å². The van der Waals surface area contributed by atoms with Crippen molar-refractivity contribution >= 4 is 0 Å². The van der Waals surface area contributed by atoms with Crippen molar-refractivity contribution in [3.63, 3.8) is 0 Å². The minimum atomic E-state index is 0.348. The molecule has 2 rings (SSSR count). The Kier molecular flexibility index (Phi) is 3.25. The van der Waals surface area contributed by atoms with Crippen LogP contribution >= 0.6 is 0 Å². The Labute approximate surface area is 96.7 Å². The Balaban J connectivity index is 2.26. The maximum absolute atomic E-state index is 5.29. The van der Waals surface area contributed by atoms with Gasteiger partial charge < -0.3 is 4.74 Å². The van der Waals surface area contributed by atoms with Crippen LogP contribution in [0.25, 0.3) is 0 Å². The van der Waals surface area contributed by atoms with Gasteiger partial charge in [0.25, 0.3) is 0 Å². The molecule has 2 heterocycles. The van der Waals surface area contributed by atoms with E-state index in [1.54, 1.807) is 13.3 Å². The third-order valence-corrected chi connectivity index (χ3v) is 3.35. The van der Waals surface area contributed by atoms with Crippen LogP contribution in [0.5, 0.6) is 0 Å². The highest BCUT2D eigenvalue weighted by Crippen LogP contribution is 2.39. The van der Waals surface area contributed by atoms with Crippen molar-refractivity contribution in [3.05, 3.63) is 42.4 Å². The van der Waals surface area contributed by atoms with Crippen LogP contribution < -0.4 is 0 Å². The lowest BCUT2D eigenvalue weighted by atomic mass is 9.93. The molecule has 1 saturated heterocycles. The van der Waals surface area contributed by atoms with Gasteiger partial charge in [-0.3, -0.25) is 9.88 Å². The molecule has 0 bridgehead atoms. The van der Waals surface area contributed by atoms with Crippen LogP contribution in [0.15, 0.2) is 36.9 Å². The molecule has 0 N–H and O–H groups in total. The van der Waals surface area contributed by atoms with Crippen LogP contribution in [-0.2, 0) is 4.74 Å². The summed E-state index contributed by atoms with van der Waals surface area (Å²) in [5.41, 5.74) is 1.24. The number of likely N-dealkylation sites (tertiary alicyclic amines) is 1. The highest BCUT2D eigenvalue weighted by atomic mass is 16.5. The monoisotopic (exact) mass is 218 g/mol. The number of pyridine rings is 1. The van der Waals surface area contributed by atoms with E-state index < -0.39 is 0 Å². The van der Waals surface area contributed by atoms with Crippen LogP contribution in [0.2, 0.25) is 0 Å². The topological polar surface area (TPSA) is 25.4 Å². The summed E-state index contributed by atoms with van der Waals surface area (Å²) in [6, 6.07) is 4.45. The molecule has 3 heteroatoms. The van der Waals surface area contributed by atoms with Gasteiger partial charge in [0.05, 0.1) is 12.9 Å². The molecular weight excluding hydrogens is 200 g/mol. The molecule has 0 radical (unpaired) electrons. The third kappa shape index (κ3) is 1.95. The predicted molar refractivity (Wildman–Crippen MR) is 63.9 cm³/mol. The molecule has 0 saturated carbocycles. The minimum Gasteiger partial charge on any atom is -0.501 e. The molecule has 1 unspecified atom stereocenters. The standard InChI is InChI=1S/C13H18N2O/c1-10(16-3)12-6-8-15(2)13(12)11-5-4-7-14-9-11/h4-5,7,9,12-13H,1,6,8H2,2-3H3/t12?,13-/m1/s1. The number of nitrogens with zero attached hydrogens (tertiary/aromatic N) is 2. The highest BCUT2D eigenvalue weighted by Gasteiger charge is 2.35. The summed E-state index contributed by atoms with van der Waals surface area (Å²) in [6.45, 7) is 5.07. The number of methoxy groups -OCH3 is 1. The summed E-state index contributed by atoms with van der Waals surface area (Å²) in [5, 5.41) is 0. The molecule has 0 aromatic carbocycles. The van der Waals surface area contributed by atoms with Gasteiger partial charge in [0.1, 0.15) is 0 Å². The number of ether oxygens (including phenoxy) is 1. The maximum atomic E-state index is 5.29. The molecule has 3 nitrogen and oxygen atoms in total. The van der Waals surface area contributed by atoms with E-state index in [1.165, 1.54) is 5.56 Å². The van der Waals surface area contributed by atoms with Gasteiger partial charge in [-0.25, -0.2) is 0 Å². The summed E-state index contributed by atoms with van der Waals surface area (Å²) in [7, 11) is 3.83. The number of aromatic nitrogens is 1. The Hall–Kier alpha value is -1.35. The SMILES string of the molecule is C=C(OC)C1CCN(C)[C@@H]1c1cccnc1. The summed E-state index contributed by atoms with van der Waals surface area (Å²) in [5.74, 6) is 1.25. The fourth-order valence-electron chi connectivity index (χ4n) is 2.47. The van der Waals surface area contributed by atoms with E-state index >= 15 is 0 Å². The molecule has 16 heavy (non-hydrogen) atoms. The van der Waals surface area contributed by atoms with Crippen molar-refractivity contribution < 1.29 is 4.74 Å². The molecule has 1 aliphatic rings. The summed E-state index contributed by atoms with van der Waals surface area (Å²) >= 11 is 0. The molecule has 1 aliphatic heterocycles. The van der Waals surface area contributed by atoms with E-state index in [4.69, 9.17) is 4.74 Å². The maximum Gasteiger partial charge on any atom is 0.0934 e. The van der Waals surface area contributed by atoms with Gasteiger partial charge in [0.2, 0.25) is 0 Å². The number of rotatable bonds is 3. The van der Waals surface area contributed by atoms with Gasteiger partial charge in [-0.2, -0.15) is 0 Å². The fourth-order valence-corrected chi connectivity index (χ4v) is 2.47. The summed E-state index contributed by atoms with van der Waals surface area (Å²) in [4.78, 5) is 6.53. The average Bonchev–Trinajstić information content (AvgIpc) is 2.71. The molecule has 1 fully saturated rings. The zero-order valence-corrected chi connectivity index (χ0v) is 9.89. The smallest absolute Gasteiger partial charge is 0.0934 e. The normalized spacial score (nSPS) is 25.6. The second-order valence-electron chi connectivity index (χ2n) is 4.28. The van der Waals surface area contributed by atoms with Crippen LogP contribution in [0.3, 0.4) is 0 Å². The van der Waals surface area contributed by atoms with Gasteiger partial charge in [0, 0.05) is 24.4 Å². The largest absolute Gasteiger partial charge is 0.501 e. The first-order valence-electron chi connectivity index (χ1n) is 5.57. The number of hydrogen-bond donors (Lipinski definition) is 0. The van der Waals surface area contributed by atoms with Crippen molar-refractivity contribution in [2.45, 2.75) is 12.5 Å². The first-order valence-corrected chi connectivity index (χ1v) is 5.57. The Morgan fingerprint density at radius 3 is 3.06 bits per heavy atom. The number of hydrogen-bond acceptors (Lipinski definition) is 3. The fraction of sp³-hybridized carbons (Fsp3) is 0.462. The van der Waals surface area contributed by atoms with Gasteiger partial charge in [0.15, 0.2) is 0 Å². The Bertz CT molecular complexity index is 363. The first-order chi connectivity index (χ1) is 7.74. The molecule has 1 aromatic heterocycles. The lowest BCUT2D eigenvalue weighted by Gasteiger charge is -2.25. The van der Waals surface area contributed by atoms with E-state index in [1.807, 2.05) is 12.3 Å². The molecular formula is C13H18N2O. The second kappa shape index (κ2) is 4.66. The highest BCUT2D eigenvalue weighted by molar-refractivity contribution is 5.20. The minimum absolute atomic E-state index is 0.348. The van der Waals surface area contributed by atoms with Crippen molar-refractivity contribution in [3.8, 4) is 0 Å². The zero-order valence-electron chi connectivity index (χ0n) is 9.89. The van der Waals surface area contributed by atoms with E-state index in [0.29, 0.717) is 12.0 Å². The molecule has 0 spiro atoms. The van der Waals surface area contributed by atoms with E-state index in [2.05, 4.69) is 29.6 Å². The van der Waals surface area contributed by atoms with Crippen LogP contribution in [0, 0.1) is 5.92 Å². The molecule has 1 aromatic rings.